The Balaban J connectivity index is 0.00000288. The average molecular weight is 448 g/mol. The largest absolute Gasteiger partial charge is 0.465 e. The highest BCUT2D eigenvalue weighted by Crippen LogP contribution is 2.26. The predicted molar refractivity (Wildman–Crippen MR) is 111 cm³/mol. The van der Waals surface area contributed by atoms with E-state index in [0.29, 0.717) is 0 Å². The number of aliphatic imine (C=N–C) groups is 1. The molecule has 0 aliphatic carbocycles. The third-order valence-electron chi connectivity index (χ3n) is 4.26. The molecule has 2 heterocycles. The molecule has 2 N–H and O–H groups in total. The smallest absolute Gasteiger partial charge is 0.191 e. The standard InChI is InChI=1S/C18H32N4O.HI/c1-4-6-11-20-18(19-5-2)21-14-16(22-12-7-8-13-22)17-10-9-15(3)23-17;/h9-10,16H,4-8,11-14H2,1-3H3,(H2,19,20,21);1H. The Labute approximate surface area is 163 Å². The molecule has 0 saturated carbocycles. The first-order chi connectivity index (χ1) is 11.2. The molecule has 1 aromatic heterocycles. The van der Waals surface area contributed by atoms with Crippen molar-refractivity contribution in [2.75, 3.05) is 32.7 Å². The summed E-state index contributed by atoms with van der Waals surface area (Å²) in [5, 5.41) is 6.75. The molecule has 1 fully saturated rings. The van der Waals surface area contributed by atoms with E-state index in [4.69, 9.17) is 9.41 Å². The van der Waals surface area contributed by atoms with Gasteiger partial charge in [-0.2, -0.15) is 0 Å². The van der Waals surface area contributed by atoms with E-state index < -0.39 is 0 Å². The van der Waals surface area contributed by atoms with Gasteiger partial charge < -0.3 is 15.1 Å². The van der Waals surface area contributed by atoms with Crippen LogP contribution in [0.25, 0.3) is 0 Å². The van der Waals surface area contributed by atoms with Crippen molar-refractivity contribution >= 4 is 29.9 Å². The Morgan fingerprint density at radius 3 is 2.58 bits per heavy atom. The zero-order chi connectivity index (χ0) is 16.5. The number of hydrogen-bond donors (Lipinski definition) is 2. The Morgan fingerprint density at radius 1 is 1.25 bits per heavy atom. The molecule has 1 aromatic rings. The molecule has 1 aliphatic heterocycles. The lowest BCUT2D eigenvalue weighted by molar-refractivity contribution is 0.219. The van der Waals surface area contributed by atoms with Crippen LogP contribution in [0.5, 0.6) is 0 Å². The number of nitrogens with one attached hydrogen (secondary N) is 2. The Hall–Kier alpha value is -0.760. The Morgan fingerprint density at radius 2 is 2.00 bits per heavy atom. The molecule has 1 aliphatic rings. The quantitative estimate of drug-likeness (QED) is 0.276. The third kappa shape index (κ3) is 6.63. The second-order valence-electron chi connectivity index (χ2n) is 6.21. The van der Waals surface area contributed by atoms with Gasteiger partial charge in [0.2, 0.25) is 0 Å². The molecule has 138 valence electrons. The fourth-order valence-electron chi connectivity index (χ4n) is 2.97. The van der Waals surface area contributed by atoms with Gasteiger partial charge in [-0.25, -0.2) is 0 Å². The van der Waals surface area contributed by atoms with Crippen molar-refractivity contribution in [3.63, 3.8) is 0 Å². The number of likely N-dealkylation sites (tertiary alicyclic amines) is 1. The van der Waals surface area contributed by atoms with E-state index in [2.05, 4.69) is 35.4 Å². The molecular formula is C18H33IN4O. The highest BCUT2D eigenvalue weighted by Gasteiger charge is 2.25. The number of rotatable bonds is 8. The van der Waals surface area contributed by atoms with Gasteiger partial charge in [0.1, 0.15) is 11.5 Å². The van der Waals surface area contributed by atoms with Crippen LogP contribution in [0, 0.1) is 6.92 Å². The van der Waals surface area contributed by atoms with Crippen LogP contribution in [0.1, 0.15) is 57.1 Å². The second-order valence-corrected chi connectivity index (χ2v) is 6.21. The molecular weight excluding hydrogens is 415 g/mol. The number of guanidine groups is 1. The number of aryl methyl sites for hydroxylation is 1. The fourth-order valence-corrected chi connectivity index (χ4v) is 2.97. The van der Waals surface area contributed by atoms with Crippen molar-refractivity contribution in [1.29, 1.82) is 0 Å². The van der Waals surface area contributed by atoms with E-state index in [9.17, 15) is 0 Å². The summed E-state index contributed by atoms with van der Waals surface area (Å²) >= 11 is 0. The maximum atomic E-state index is 5.90. The van der Waals surface area contributed by atoms with Crippen LogP contribution in [-0.2, 0) is 0 Å². The number of hydrogen-bond acceptors (Lipinski definition) is 3. The molecule has 0 aromatic carbocycles. The van der Waals surface area contributed by atoms with Crippen molar-refractivity contribution in [2.24, 2.45) is 4.99 Å². The summed E-state index contributed by atoms with van der Waals surface area (Å²) in [7, 11) is 0. The van der Waals surface area contributed by atoms with E-state index >= 15 is 0 Å². The van der Waals surface area contributed by atoms with Crippen LogP contribution in [0.15, 0.2) is 21.5 Å². The van der Waals surface area contributed by atoms with E-state index in [1.54, 1.807) is 0 Å². The molecule has 5 nitrogen and oxygen atoms in total. The topological polar surface area (TPSA) is 52.8 Å². The van der Waals surface area contributed by atoms with Gasteiger partial charge in [-0.1, -0.05) is 13.3 Å². The summed E-state index contributed by atoms with van der Waals surface area (Å²) in [6, 6.07) is 4.39. The van der Waals surface area contributed by atoms with E-state index in [-0.39, 0.29) is 30.0 Å². The molecule has 1 unspecified atom stereocenters. The van der Waals surface area contributed by atoms with Crippen LogP contribution in [-0.4, -0.2) is 43.6 Å². The average Bonchev–Trinajstić information content (AvgIpc) is 3.20. The van der Waals surface area contributed by atoms with Gasteiger partial charge in [0.15, 0.2) is 5.96 Å². The SMILES string of the molecule is CCCCNC(=NCC(c1ccc(C)o1)N1CCCC1)NCC.I. The highest BCUT2D eigenvalue weighted by atomic mass is 127. The molecule has 0 bridgehead atoms. The molecule has 1 saturated heterocycles. The van der Waals surface area contributed by atoms with Gasteiger partial charge in [-0.3, -0.25) is 9.89 Å². The van der Waals surface area contributed by atoms with Crippen LogP contribution in [0.3, 0.4) is 0 Å². The molecule has 6 heteroatoms. The van der Waals surface area contributed by atoms with Gasteiger partial charge in [0.25, 0.3) is 0 Å². The van der Waals surface area contributed by atoms with E-state index in [1.807, 2.05) is 13.0 Å². The number of furan rings is 1. The van der Waals surface area contributed by atoms with Crippen LogP contribution < -0.4 is 10.6 Å². The highest BCUT2D eigenvalue weighted by molar-refractivity contribution is 14.0. The first-order valence-corrected chi connectivity index (χ1v) is 9.07. The number of nitrogens with zero attached hydrogens (tertiary/aromatic N) is 2. The summed E-state index contributed by atoms with van der Waals surface area (Å²) in [5.41, 5.74) is 0. The lowest BCUT2D eigenvalue weighted by Gasteiger charge is -2.24. The zero-order valence-electron chi connectivity index (χ0n) is 15.3. The minimum absolute atomic E-state index is 0. The van der Waals surface area contributed by atoms with Crippen LogP contribution >= 0.6 is 24.0 Å². The van der Waals surface area contributed by atoms with Crippen molar-refractivity contribution in [2.45, 2.75) is 52.5 Å². The van der Waals surface area contributed by atoms with Crippen molar-refractivity contribution in [3.05, 3.63) is 23.7 Å². The van der Waals surface area contributed by atoms with E-state index in [0.717, 1.165) is 56.6 Å². The second kappa shape index (κ2) is 11.7. The molecule has 0 radical (unpaired) electrons. The number of halogens is 1. The lowest BCUT2D eigenvalue weighted by Crippen LogP contribution is -2.38. The maximum Gasteiger partial charge on any atom is 0.191 e. The van der Waals surface area contributed by atoms with E-state index in [1.165, 1.54) is 19.3 Å². The van der Waals surface area contributed by atoms with Crippen molar-refractivity contribution in [1.82, 2.24) is 15.5 Å². The summed E-state index contributed by atoms with van der Waals surface area (Å²) in [5.74, 6) is 2.92. The Bertz CT molecular complexity index is 483. The minimum atomic E-state index is 0. The van der Waals surface area contributed by atoms with Gasteiger partial charge in [-0.15, -0.1) is 24.0 Å². The van der Waals surface area contributed by atoms with Gasteiger partial charge >= 0.3 is 0 Å². The summed E-state index contributed by atoms with van der Waals surface area (Å²) in [6.07, 6.45) is 4.90. The van der Waals surface area contributed by atoms with Crippen molar-refractivity contribution in [3.8, 4) is 0 Å². The van der Waals surface area contributed by atoms with Crippen LogP contribution in [0.2, 0.25) is 0 Å². The first-order valence-electron chi connectivity index (χ1n) is 9.07. The predicted octanol–water partition coefficient (Wildman–Crippen LogP) is 3.70. The van der Waals surface area contributed by atoms with Gasteiger partial charge in [0.05, 0.1) is 12.6 Å². The fraction of sp³-hybridized carbons (Fsp3) is 0.722. The maximum absolute atomic E-state index is 5.90. The molecule has 2 rings (SSSR count). The molecule has 1 atom stereocenters. The third-order valence-corrected chi connectivity index (χ3v) is 4.26. The summed E-state index contributed by atoms with van der Waals surface area (Å²) in [6.45, 7) is 11.2. The van der Waals surface area contributed by atoms with Gasteiger partial charge in [0, 0.05) is 13.1 Å². The zero-order valence-corrected chi connectivity index (χ0v) is 17.6. The Kier molecular flexibility index (Phi) is 10.4. The monoisotopic (exact) mass is 448 g/mol. The molecule has 0 amide bonds. The normalized spacial score (nSPS) is 16.7. The minimum Gasteiger partial charge on any atom is -0.465 e. The molecule has 0 spiro atoms. The number of unbranched alkanes of at least 4 members (excludes halogenated alkanes) is 1. The molecule has 24 heavy (non-hydrogen) atoms. The summed E-state index contributed by atoms with van der Waals surface area (Å²) < 4.78 is 5.90. The summed E-state index contributed by atoms with van der Waals surface area (Å²) in [4.78, 5) is 7.31. The van der Waals surface area contributed by atoms with Gasteiger partial charge in [-0.05, 0) is 58.3 Å². The lowest BCUT2D eigenvalue weighted by atomic mass is 10.2. The van der Waals surface area contributed by atoms with Crippen molar-refractivity contribution < 1.29 is 4.42 Å². The van der Waals surface area contributed by atoms with Crippen LogP contribution in [0.4, 0.5) is 0 Å². The first kappa shape index (κ1) is 21.3.